The summed E-state index contributed by atoms with van der Waals surface area (Å²) in [6, 6.07) is 8.37. The fraction of sp³-hybridized carbons (Fsp3) is 0.688. The molecule has 1 aliphatic heterocycles. The zero-order valence-electron chi connectivity index (χ0n) is 23.8. The Hall–Kier alpha value is -2.38. The van der Waals surface area contributed by atoms with E-state index in [1.165, 1.54) is 70.6 Å². The highest BCUT2D eigenvalue weighted by Gasteiger charge is 2.36. The van der Waals surface area contributed by atoms with Gasteiger partial charge in [-0.25, -0.2) is 0 Å². The van der Waals surface area contributed by atoms with E-state index in [-0.39, 0.29) is 29.4 Å². The van der Waals surface area contributed by atoms with Crippen LogP contribution in [0.15, 0.2) is 24.3 Å². The standard InChI is InChI=1S/C32H50N6O/c33-26-11-13-27(14-12-26)37-31(39)29-19-24-9-10-25(30(34)35)20-28(24)38(29)22-23-15-18-36-32(21-23)16-7-5-3-1-2-4-6-8-17-32/h9-10,19-20,23,26-27,36H,1-8,11-18,21-22,33H2,(H3,34,35)(H,37,39). The molecule has 1 amide bonds. The minimum absolute atomic E-state index is 0.00892. The highest BCUT2D eigenvalue weighted by molar-refractivity contribution is 6.02. The maximum absolute atomic E-state index is 13.7. The predicted molar refractivity (Wildman–Crippen MR) is 160 cm³/mol. The number of aromatic nitrogens is 1. The van der Waals surface area contributed by atoms with Crippen LogP contribution < -0.4 is 22.1 Å². The summed E-state index contributed by atoms with van der Waals surface area (Å²) >= 11 is 0. The van der Waals surface area contributed by atoms with Crippen LogP contribution in [0.5, 0.6) is 0 Å². The van der Waals surface area contributed by atoms with Crippen molar-refractivity contribution in [1.82, 2.24) is 15.2 Å². The van der Waals surface area contributed by atoms with Crippen LogP contribution in [-0.2, 0) is 6.54 Å². The van der Waals surface area contributed by atoms with Crippen LogP contribution in [0.1, 0.15) is 119 Å². The number of hydrogen-bond donors (Lipinski definition) is 5. The topological polar surface area (TPSA) is 122 Å². The number of rotatable bonds is 5. The molecule has 2 heterocycles. The average molecular weight is 535 g/mol. The molecule has 7 N–H and O–H groups in total. The molecule has 2 aromatic rings. The van der Waals surface area contributed by atoms with Gasteiger partial charge in [0.05, 0.1) is 0 Å². The molecule has 1 spiro atoms. The Kier molecular flexibility index (Phi) is 9.28. The quantitative estimate of drug-likeness (QED) is 0.254. The van der Waals surface area contributed by atoms with Crippen molar-refractivity contribution in [3.05, 3.63) is 35.5 Å². The van der Waals surface area contributed by atoms with Crippen LogP contribution in [0.2, 0.25) is 0 Å². The number of fused-ring (bicyclic) bond motifs is 1. The normalized spacial score (nSPS) is 26.6. The smallest absolute Gasteiger partial charge is 0.268 e. The molecule has 0 radical (unpaired) electrons. The summed E-state index contributed by atoms with van der Waals surface area (Å²) in [6.07, 6.45) is 19.5. The number of nitrogens with one attached hydrogen (secondary N) is 3. The summed E-state index contributed by atoms with van der Waals surface area (Å²) in [5.41, 5.74) is 14.7. The Labute approximate surface area is 234 Å². The van der Waals surface area contributed by atoms with E-state index in [9.17, 15) is 4.79 Å². The summed E-state index contributed by atoms with van der Waals surface area (Å²) in [5, 5.41) is 16.4. The molecule has 1 saturated heterocycles. The van der Waals surface area contributed by atoms with Crippen molar-refractivity contribution in [2.24, 2.45) is 17.4 Å². The minimum atomic E-state index is 0.00892. The first kappa shape index (κ1) is 28.2. The Morgan fingerprint density at radius 1 is 0.974 bits per heavy atom. The number of carbonyl (C=O) groups excluding carboxylic acids is 1. The minimum Gasteiger partial charge on any atom is -0.384 e. The van der Waals surface area contributed by atoms with Gasteiger partial charge in [0.15, 0.2) is 0 Å². The van der Waals surface area contributed by atoms with E-state index in [1.807, 2.05) is 24.3 Å². The molecule has 5 rings (SSSR count). The molecule has 3 aliphatic rings. The fourth-order valence-electron chi connectivity index (χ4n) is 7.51. The van der Waals surface area contributed by atoms with Crippen LogP contribution in [-0.4, -0.2) is 40.5 Å². The summed E-state index contributed by atoms with van der Waals surface area (Å²) in [7, 11) is 0. The number of nitrogen functional groups attached to an aromatic ring is 1. The first-order valence-corrected chi connectivity index (χ1v) is 15.7. The zero-order valence-corrected chi connectivity index (χ0v) is 23.8. The number of hydrogen-bond acceptors (Lipinski definition) is 4. The second-order valence-corrected chi connectivity index (χ2v) is 12.8. The Balaban J connectivity index is 1.39. The van der Waals surface area contributed by atoms with E-state index in [4.69, 9.17) is 16.9 Å². The Bertz CT molecular complexity index is 1120. The third-order valence-corrected chi connectivity index (χ3v) is 9.79. The van der Waals surface area contributed by atoms with Gasteiger partial charge in [0.1, 0.15) is 11.5 Å². The lowest BCUT2D eigenvalue weighted by Gasteiger charge is -2.43. The SMILES string of the molecule is N=C(N)c1ccc2cc(C(=O)NC3CCC(N)CC3)n(CC3CCNC4(CCCCCCCCCC4)C3)c2c1. The van der Waals surface area contributed by atoms with Crippen LogP contribution in [0.4, 0.5) is 0 Å². The first-order valence-electron chi connectivity index (χ1n) is 15.7. The van der Waals surface area contributed by atoms with E-state index >= 15 is 0 Å². The molecule has 0 bridgehead atoms. The van der Waals surface area contributed by atoms with Crippen molar-refractivity contribution in [2.75, 3.05) is 6.54 Å². The van der Waals surface area contributed by atoms with Gasteiger partial charge >= 0.3 is 0 Å². The second-order valence-electron chi connectivity index (χ2n) is 12.8. The lowest BCUT2D eigenvalue weighted by atomic mass is 9.75. The van der Waals surface area contributed by atoms with Gasteiger partial charge in [-0.2, -0.15) is 0 Å². The summed E-state index contributed by atoms with van der Waals surface area (Å²) in [5.74, 6) is 0.578. The van der Waals surface area contributed by atoms with Gasteiger partial charge < -0.3 is 26.7 Å². The predicted octanol–water partition coefficient (Wildman–Crippen LogP) is 5.58. The summed E-state index contributed by atoms with van der Waals surface area (Å²) in [4.78, 5) is 13.7. The molecule has 2 aliphatic carbocycles. The summed E-state index contributed by atoms with van der Waals surface area (Å²) < 4.78 is 2.24. The molecule has 1 unspecified atom stereocenters. The van der Waals surface area contributed by atoms with Crippen LogP contribution >= 0.6 is 0 Å². The van der Waals surface area contributed by atoms with E-state index < -0.39 is 0 Å². The molecule has 2 saturated carbocycles. The number of amidine groups is 1. The van der Waals surface area contributed by atoms with E-state index in [0.29, 0.717) is 11.5 Å². The van der Waals surface area contributed by atoms with Gasteiger partial charge in [-0.1, -0.05) is 63.5 Å². The van der Waals surface area contributed by atoms with E-state index in [1.54, 1.807) is 0 Å². The molecule has 1 atom stereocenters. The van der Waals surface area contributed by atoms with Gasteiger partial charge in [-0.3, -0.25) is 10.2 Å². The molecular weight excluding hydrogens is 484 g/mol. The van der Waals surface area contributed by atoms with Crippen LogP contribution in [0.3, 0.4) is 0 Å². The lowest BCUT2D eigenvalue weighted by molar-refractivity contribution is 0.0913. The lowest BCUT2D eigenvalue weighted by Crippen LogP contribution is -2.51. The number of carbonyl (C=O) groups is 1. The monoisotopic (exact) mass is 534 g/mol. The van der Waals surface area contributed by atoms with Crippen molar-refractivity contribution in [3.8, 4) is 0 Å². The molecule has 7 heteroatoms. The molecular formula is C32H50N6O. The number of amides is 1. The zero-order chi connectivity index (χ0) is 27.2. The van der Waals surface area contributed by atoms with Gasteiger partial charge in [-0.05, 0) is 76.0 Å². The molecule has 7 nitrogen and oxygen atoms in total. The van der Waals surface area contributed by atoms with Crippen molar-refractivity contribution in [3.63, 3.8) is 0 Å². The number of piperidine rings is 1. The second kappa shape index (κ2) is 12.9. The van der Waals surface area contributed by atoms with Gasteiger partial charge in [-0.15, -0.1) is 0 Å². The van der Waals surface area contributed by atoms with Gasteiger partial charge in [0.25, 0.3) is 5.91 Å². The number of nitrogens with zero attached hydrogens (tertiary/aromatic N) is 1. The third-order valence-electron chi connectivity index (χ3n) is 9.79. The molecule has 214 valence electrons. The summed E-state index contributed by atoms with van der Waals surface area (Å²) in [6.45, 7) is 1.87. The van der Waals surface area contributed by atoms with E-state index in [2.05, 4.69) is 15.2 Å². The highest BCUT2D eigenvalue weighted by Crippen LogP contribution is 2.36. The molecule has 1 aromatic heterocycles. The Morgan fingerprint density at radius 2 is 1.64 bits per heavy atom. The van der Waals surface area contributed by atoms with Crippen molar-refractivity contribution >= 4 is 22.6 Å². The highest BCUT2D eigenvalue weighted by atomic mass is 16.2. The number of benzene rings is 1. The third kappa shape index (κ3) is 7.04. The van der Waals surface area contributed by atoms with Gasteiger partial charge in [0.2, 0.25) is 0 Å². The average Bonchev–Trinajstić information content (AvgIpc) is 3.26. The van der Waals surface area contributed by atoms with Crippen molar-refractivity contribution in [2.45, 2.75) is 127 Å². The Morgan fingerprint density at radius 3 is 2.31 bits per heavy atom. The fourth-order valence-corrected chi connectivity index (χ4v) is 7.51. The molecule has 1 aromatic carbocycles. The maximum Gasteiger partial charge on any atom is 0.268 e. The van der Waals surface area contributed by atoms with Gasteiger partial charge in [0, 0.05) is 40.6 Å². The molecule has 39 heavy (non-hydrogen) atoms. The van der Waals surface area contributed by atoms with Crippen molar-refractivity contribution in [1.29, 1.82) is 5.41 Å². The van der Waals surface area contributed by atoms with Crippen LogP contribution in [0, 0.1) is 11.3 Å². The van der Waals surface area contributed by atoms with Crippen LogP contribution in [0.25, 0.3) is 10.9 Å². The largest absolute Gasteiger partial charge is 0.384 e. The molecule has 3 fully saturated rings. The first-order chi connectivity index (χ1) is 18.9. The van der Waals surface area contributed by atoms with E-state index in [0.717, 1.165) is 61.8 Å². The van der Waals surface area contributed by atoms with Crippen molar-refractivity contribution < 1.29 is 4.79 Å². The number of nitrogens with two attached hydrogens (primary N) is 2. The maximum atomic E-state index is 13.7.